The van der Waals surface area contributed by atoms with Crippen LogP contribution < -0.4 is 11.1 Å². The molecule has 1 fully saturated rings. The highest BCUT2D eigenvalue weighted by Crippen LogP contribution is 2.32. The van der Waals surface area contributed by atoms with E-state index < -0.39 is 16.6 Å². The van der Waals surface area contributed by atoms with E-state index in [-0.39, 0.29) is 5.91 Å². The Hall–Kier alpha value is -0.610. The highest BCUT2D eigenvalue weighted by Gasteiger charge is 2.41. The van der Waals surface area contributed by atoms with Gasteiger partial charge in [-0.25, -0.2) is 0 Å². The molecular weight excluding hydrogens is 240 g/mol. The van der Waals surface area contributed by atoms with Gasteiger partial charge in [-0.15, -0.1) is 0 Å². The first kappa shape index (κ1) is 16.4. The summed E-state index contributed by atoms with van der Waals surface area (Å²) in [6.07, 6.45) is 3.72. The normalized spacial score (nSPS) is 29.1. The van der Waals surface area contributed by atoms with Gasteiger partial charge in [0.25, 0.3) is 0 Å². The minimum Gasteiger partial charge on any atom is -0.388 e. The van der Waals surface area contributed by atoms with Crippen LogP contribution in [0.2, 0.25) is 0 Å². The van der Waals surface area contributed by atoms with Gasteiger partial charge >= 0.3 is 0 Å². The SMILES string of the molecule is CC1CCCC(O)(CNC(=O)C(C)(C)C(C)(C)N)C1. The van der Waals surface area contributed by atoms with Crippen molar-refractivity contribution in [2.24, 2.45) is 17.1 Å². The molecule has 0 saturated heterocycles. The van der Waals surface area contributed by atoms with Gasteiger partial charge in [-0.1, -0.05) is 19.8 Å². The number of amides is 1. The number of rotatable bonds is 4. The molecule has 4 heteroatoms. The molecule has 2 atom stereocenters. The summed E-state index contributed by atoms with van der Waals surface area (Å²) in [5.41, 5.74) is 4.05. The zero-order valence-electron chi connectivity index (χ0n) is 13.0. The third kappa shape index (κ3) is 3.93. The van der Waals surface area contributed by atoms with E-state index in [1.807, 2.05) is 27.7 Å². The van der Waals surface area contributed by atoms with E-state index >= 15 is 0 Å². The molecule has 0 aromatic rings. The van der Waals surface area contributed by atoms with Crippen molar-refractivity contribution >= 4 is 5.91 Å². The molecule has 4 N–H and O–H groups in total. The Bertz CT molecular complexity index is 334. The van der Waals surface area contributed by atoms with E-state index in [1.165, 1.54) is 0 Å². The zero-order chi connectivity index (χ0) is 14.9. The van der Waals surface area contributed by atoms with Crippen LogP contribution >= 0.6 is 0 Å². The van der Waals surface area contributed by atoms with Crippen LogP contribution in [0.3, 0.4) is 0 Å². The van der Waals surface area contributed by atoms with Gasteiger partial charge in [0, 0.05) is 12.1 Å². The molecule has 1 amide bonds. The fourth-order valence-electron chi connectivity index (χ4n) is 2.55. The van der Waals surface area contributed by atoms with Gasteiger partial charge in [0.05, 0.1) is 11.0 Å². The fourth-order valence-corrected chi connectivity index (χ4v) is 2.55. The molecule has 1 aliphatic carbocycles. The lowest BCUT2D eigenvalue weighted by Crippen LogP contribution is -2.57. The summed E-state index contributed by atoms with van der Waals surface area (Å²) in [7, 11) is 0. The molecule has 2 unspecified atom stereocenters. The van der Waals surface area contributed by atoms with Crippen LogP contribution in [-0.4, -0.2) is 28.7 Å². The number of nitrogens with two attached hydrogens (primary N) is 1. The molecule has 0 heterocycles. The standard InChI is InChI=1S/C15H30N2O2/c1-11-7-6-8-15(19,9-11)10-17-12(18)13(2,3)14(4,5)16/h11,19H,6-10,16H2,1-5H3,(H,17,18). The molecule has 4 nitrogen and oxygen atoms in total. The highest BCUT2D eigenvalue weighted by molar-refractivity contribution is 5.83. The molecule has 0 aromatic heterocycles. The van der Waals surface area contributed by atoms with Crippen LogP contribution in [0.5, 0.6) is 0 Å². The second kappa shape index (κ2) is 5.41. The maximum atomic E-state index is 12.3. The van der Waals surface area contributed by atoms with Crippen molar-refractivity contribution in [2.75, 3.05) is 6.54 Å². The summed E-state index contributed by atoms with van der Waals surface area (Å²) < 4.78 is 0. The van der Waals surface area contributed by atoms with Crippen molar-refractivity contribution in [1.29, 1.82) is 0 Å². The third-order valence-corrected chi connectivity index (χ3v) is 4.82. The second-order valence-corrected chi connectivity index (χ2v) is 7.46. The van der Waals surface area contributed by atoms with Crippen LogP contribution in [0.4, 0.5) is 0 Å². The fraction of sp³-hybridized carbons (Fsp3) is 0.933. The van der Waals surface area contributed by atoms with Crippen molar-refractivity contribution < 1.29 is 9.90 Å². The van der Waals surface area contributed by atoms with E-state index in [0.717, 1.165) is 25.7 Å². The van der Waals surface area contributed by atoms with E-state index in [4.69, 9.17) is 5.73 Å². The molecule has 0 aromatic carbocycles. The van der Waals surface area contributed by atoms with Crippen LogP contribution in [0.25, 0.3) is 0 Å². The Morgan fingerprint density at radius 2 is 2.00 bits per heavy atom. The predicted octanol–water partition coefficient (Wildman–Crippen LogP) is 1.81. The Kier molecular flexibility index (Phi) is 4.68. The van der Waals surface area contributed by atoms with E-state index in [1.54, 1.807) is 0 Å². The van der Waals surface area contributed by atoms with Crippen molar-refractivity contribution in [1.82, 2.24) is 5.32 Å². The molecular formula is C15H30N2O2. The van der Waals surface area contributed by atoms with Crippen LogP contribution in [0, 0.1) is 11.3 Å². The van der Waals surface area contributed by atoms with Gasteiger partial charge in [-0.05, 0) is 46.5 Å². The second-order valence-electron chi connectivity index (χ2n) is 7.46. The molecule has 19 heavy (non-hydrogen) atoms. The summed E-state index contributed by atoms with van der Waals surface area (Å²) in [5, 5.41) is 13.4. The summed E-state index contributed by atoms with van der Waals surface area (Å²) in [4.78, 5) is 12.3. The lowest BCUT2D eigenvalue weighted by Gasteiger charge is -2.39. The zero-order valence-corrected chi connectivity index (χ0v) is 13.0. The van der Waals surface area contributed by atoms with Crippen molar-refractivity contribution in [3.63, 3.8) is 0 Å². The van der Waals surface area contributed by atoms with Crippen LogP contribution in [0.1, 0.15) is 60.3 Å². The van der Waals surface area contributed by atoms with E-state index in [9.17, 15) is 9.90 Å². The molecule has 112 valence electrons. The van der Waals surface area contributed by atoms with Crippen LogP contribution in [-0.2, 0) is 4.79 Å². The number of hydrogen-bond acceptors (Lipinski definition) is 3. The minimum atomic E-state index is -0.748. The minimum absolute atomic E-state index is 0.0911. The summed E-state index contributed by atoms with van der Waals surface area (Å²) in [6, 6.07) is 0. The van der Waals surface area contributed by atoms with Crippen LogP contribution in [0.15, 0.2) is 0 Å². The molecule has 0 radical (unpaired) electrons. The lowest BCUT2D eigenvalue weighted by molar-refractivity contribution is -0.134. The van der Waals surface area contributed by atoms with Gasteiger partial charge in [0.15, 0.2) is 0 Å². The van der Waals surface area contributed by atoms with Crippen molar-refractivity contribution in [2.45, 2.75) is 71.4 Å². The van der Waals surface area contributed by atoms with Crippen molar-refractivity contribution in [3.8, 4) is 0 Å². The molecule has 1 rings (SSSR count). The van der Waals surface area contributed by atoms with Gasteiger partial charge in [-0.3, -0.25) is 4.79 Å². The monoisotopic (exact) mass is 270 g/mol. The van der Waals surface area contributed by atoms with Crippen molar-refractivity contribution in [3.05, 3.63) is 0 Å². The first-order valence-corrected chi connectivity index (χ1v) is 7.27. The highest BCUT2D eigenvalue weighted by atomic mass is 16.3. The third-order valence-electron chi connectivity index (χ3n) is 4.82. The molecule has 0 spiro atoms. The summed E-state index contributed by atoms with van der Waals surface area (Å²) in [5.74, 6) is 0.432. The Labute approximate surface area is 117 Å². The predicted molar refractivity (Wildman–Crippen MR) is 77.6 cm³/mol. The Morgan fingerprint density at radius 3 is 2.47 bits per heavy atom. The quantitative estimate of drug-likeness (QED) is 0.729. The molecule has 1 aliphatic rings. The number of carbonyl (C=O) groups is 1. The average Bonchev–Trinajstić information content (AvgIpc) is 2.24. The van der Waals surface area contributed by atoms with E-state index in [0.29, 0.717) is 12.5 Å². The Morgan fingerprint density at radius 1 is 1.42 bits per heavy atom. The smallest absolute Gasteiger partial charge is 0.227 e. The number of aliphatic hydroxyl groups is 1. The van der Waals surface area contributed by atoms with Gasteiger partial charge < -0.3 is 16.2 Å². The first-order valence-electron chi connectivity index (χ1n) is 7.27. The molecule has 0 aliphatic heterocycles. The van der Waals surface area contributed by atoms with Gasteiger partial charge in [0.1, 0.15) is 0 Å². The maximum Gasteiger partial charge on any atom is 0.227 e. The van der Waals surface area contributed by atoms with Gasteiger partial charge in [0.2, 0.25) is 5.91 Å². The topological polar surface area (TPSA) is 75.3 Å². The summed E-state index contributed by atoms with van der Waals surface area (Å²) >= 11 is 0. The first-order chi connectivity index (χ1) is 8.48. The maximum absolute atomic E-state index is 12.3. The number of carbonyl (C=O) groups excluding carboxylic acids is 1. The molecule has 0 bridgehead atoms. The number of hydrogen-bond donors (Lipinski definition) is 3. The Balaban J connectivity index is 2.59. The summed E-state index contributed by atoms with van der Waals surface area (Å²) in [6.45, 7) is 9.87. The average molecular weight is 270 g/mol. The number of nitrogens with one attached hydrogen (secondary N) is 1. The molecule has 1 saturated carbocycles. The van der Waals surface area contributed by atoms with Gasteiger partial charge in [-0.2, -0.15) is 0 Å². The largest absolute Gasteiger partial charge is 0.388 e. The lowest BCUT2D eigenvalue weighted by atomic mass is 9.74. The van der Waals surface area contributed by atoms with E-state index in [2.05, 4.69) is 12.2 Å².